The van der Waals surface area contributed by atoms with Gasteiger partial charge in [0, 0.05) is 16.5 Å². The highest BCUT2D eigenvalue weighted by molar-refractivity contribution is 6.18. The van der Waals surface area contributed by atoms with Crippen LogP contribution in [0.4, 0.5) is 0 Å². The zero-order valence-electron chi connectivity index (χ0n) is 19.1. The van der Waals surface area contributed by atoms with Crippen molar-refractivity contribution in [1.29, 1.82) is 0 Å². The second kappa shape index (κ2) is 6.94. The lowest BCUT2D eigenvalue weighted by Crippen LogP contribution is -1.92. The SMILES string of the molecule is c1ccc(-n2c3ccccc3c3c(-c4ccc5c(c4)-c4cccc6cccc-5c46)cccc32)cc1. The van der Waals surface area contributed by atoms with E-state index < -0.39 is 0 Å². The highest BCUT2D eigenvalue weighted by atomic mass is 15.0. The van der Waals surface area contributed by atoms with E-state index in [1.54, 1.807) is 0 Å². The van der Waals surface area contributed by atoms with Crippen LogP contribution in [0.1, 0.15) is 0 Å². The van der Waals surface area contributed by atoms with E-state index in [-0.39, 0.29) is 0 Å². The number of nitrogens with zero attached hydrogens (tertiary/aromatic N) is 1. The normalized spacial score (nSPS) is 12.0. The number of benzene rings is 6. The molecule has 1 aliphatic carbocycles. The van der Waals surface area contributed by atoms with Crippen molar-refractivity contribution in [2.24, 2.45) is 0 Å². The Bertz CT molecular complexity index is 1930. The van der Waals surface area contributed by atoms with Gasteiger partial charge in [-0.25, -0.2) is 0 Å². The third kappa shape index (κ3) is 2.53. The van der Waals surface area contributed by atoms with Gasteiger partial charge in [0.1, 0.15) is 0 Å². The Morgan fingerprint density at radius 2 is 1.09 bits per heavy atom. The molecule has 0 atom stereocenters. The van der Waals surface area contributed by atoms with E-state index in [9.17, 15) is 0 Å². The molecule has 0 bridgehead atoms. The third-order valence-corrected chi connectivity index (χ3v) is 7.53. The average Bonchev–Trinajstić information content (AvgIpc) is 3.43. The summed E-state index contributed by atoms with van der Waals surface area (Å²) in [5.74, 6) is 0. The van der Waals surface area contributed by atoms with Crippen LogP contribution in [0.15, 0.2) is 127 Å². The quantitative estimate of drug-likeness (QED) is 0.251. The van der Waals surface area contributed by atoms with Gasteiger partial charge in [-0.3, -0.25) is 0 Å². The first-order chi connectivity index (χ1) is 17.4. The van der Waals surface area contributed by atoms with Crippen LogP contribution in [-0.2, 0) is 0 Å². The number of rotatable bonds is 2. The molecule has 1 nitrogen and oxygen atoms in total. The highest BCUT2D eigenvalue weighted by Gasteiger charge is 2.22. The molecule has 8 rings (SSSR count). The van der Waals surface area contributed by atoms with Gasteiger partial charge in [-0.1, -0.05) is 97.1 Å². The van der Waals surface area contributed by atoms with E-state index in [2.05, 4.69) is 132 Å². The van der Waals surface area contributed by atoms with E-state index in [1.165, 1.54) is 71.6 Å². The molecule has 0 aliphatic heterocycles. The van der Waals surface area contributed by atoms with Crippen molar-refractivity contribution >= 4 is 32.6 Å². The first-order valence-electron chi connectivity index (χ1n) is 12.1. The molecule has 1 heteroatoms. The largest absolute Gasteiger partial charge is 0.309 e. The molecule has 0 saturated heterocycles. The van der Waals surface area contributed by atoms with Crippen molar-refractivity contribution in [2.75, 3.05) is 0 Å². The number of hydrogen-bond donors (Lipinski definition) is 0. The van der Waals surface area contributed by atoms with Crippen LogP contribution < -0.4 is 0 Å². The third-order valence-electron chi connectivity index (χ3n) is 7.53. The van der Waals surface area contributed by atoms with Gasteiger partial charge in [-0.05, 0) is 74.5 Å². The Labute approximate surface area is 203 Å². The molecular weight excluding hydrogens is 422 g/mol. The lowest BCUT2D eigenvalue weighted by molar-refractivity contribution is 1.18. The summed E-state index contributed by atoms with van der Waals surface area (Å²) in [5, 5.41) is 5.28. The lowest BCUT2D eigenvalue weighted by Gasteiger charge is -2.10. The minimum absolute atomic E-state index is 1.19. The van der Waals surface area contributed by atoms with E-state index in [1.807, 2.05) is 0 Å². The fraction of sp³-hybridized carbons (Fsp3) is 0. The second-order valence-corrected chi connectivity index (χ2v) is 9.36. The zero-order chi connectivity index (χ0) is 22.9. The fourth-order valence-electron chi connectivity index (χ4n) is 6.07. The second-order valence-electron chi connectivity index (χ2n) is 9.36. The molecule has 7 aromatic rings. The number of fused-ring (bicyclic) bond motifs is 6. The summed E-state index contributed by atoms with van der Waals surface area (Å²) in [4.78, 5) is 0. The first kappa shape index (κ1) is 18.8. The van der Waals surface area contributed by atoms with Gasteiger partial charge >= 0.3 is 0 Å². The summed E-state index contributed by atoms with van der Waals surface area (Å²) in [6.45, 7) is 0. The van der Waals surface area contributed by atoms with Crippen LogP contribution >= 0.6 is 0 Å². The smallest absolute Gasteiger partial charge is 0.0547 e. The fourth-order valence-corrected chi connectivity index (χ4v) is 6.07. The van der Waals surface area contributed by atoms with E-state index in [4.69, 9.17) is 0 Å². The Hall–Kier alpha value is -4.62. The Morgan fingerprint density at radius 3 is 1.94 bits per heavy atom. The maximum atomic E-state index is 2.40. The molecule has 1 aliphatic rings. The molecule has 162 valence electrons. The molecule has 0 fully saturated rings. The summed E-state index contributed by atoms with van der Waals surface area (Å²) in [5.41, 5.74) is 11.5. The zero-order valence-corrected chi connectivity index (χ0v) is 19.1. The Balaban J connectivity index is 1.43. The summed E-state index contributed by atoms with van der Waals surface area (Å²) >= 11 is 0. The van der Waals surface area contributed by atoms with Crippen LogP contribution in [0.5, 0.6) is 0 Å². The van der Waals surface area contributed by atoms with Crippen molar-refractivity contribution in [3.8, 4) is 39.1 Å². The van der Waals surface area contributed by atoms with Crippen molar-refractivity contribution < 1.29 is 0 Å². The van der Waals surface area contributed by atoms with Crippen LogP contribution in [0, 0.1) is 0 Å². The molecule has 35 heavy (non-hydrogen) atoms. The minimum atomic E-state index is 1.19. The van der Waals surface area contributed by atoms with Gasteiger partial charge < -0.3 is 4.57 Å². The van der Waals surface area contributed by atoms with E-state index in [0.717, 1.165) is 0 Å². The van der Waals surface area contributed by atoms with Gasteiger partial charge in [0.25, 0.3) is 0 Å². The van der Waals surface area contributed by atoms with Gasteiger partial charge in [0.2, 0.25) is 0 Å². The molecule has 1 aromatic heterocycles. The van der Waals surface area contributed by atoms with Crippen LogP contribution in [0.3, 0.4) is 0 Å². The van der Waals surface area contributed by atoms with E-state index >= 15 is 0 Å². The van der Waals surface area contributed by atoms with Crippen molar-refractivity contribution in [3.63, 3.8) is 0 Å². The standard InChI is InChI=1S/C34H21N/c1-2-11-24(12-3-1)35-31-17-5-4-13-29(31)34-25(14-8-18-32(34)35)23-19-20-26-27-15-6-9-22-10-7-16-28(33(22)27)30(26)21-23/h1-21H. The van der Waals surface area contributed by atoms with Crippen LogP contribution in [0.25, 0.3) is 71.6 Å². The molecule has 0 amide bonds. The maximum Gasteiger partial charge on any atom is 0.0547 e. The summed E-state index contributed by atoms with van der Waals surface area (Å²) in [6.07, 6.45) is 0. The molecule has 0 saturated carbocycles. The van der Waals surface area contributed by atoms with Crippen molar-refractivity contribution in [3.05, 3.63) is 127 Å². The van der Waals surface area contributed by atoms with Gasteiger partial charge in [0.05, 0.1) is 11.0 Å². The van der Waals surface area contributed by atoms with Gasteiger partial charge in [-0.15, -0.1) is 0 Å². The van der Waals surface area contributed by atoms with Gasteiger partial charge in [-0.2, -0.15) is 0 Å². The predicted octanol–water partition coefficient (Wildman–Crippen LogP) is 9.25. The lowest BCUT2D eigenvalue weighted by atomic mass is 9.95. The molecule has 0 radical (unpaired) electrons. The van der Waals surface area contributed by atoms with Gasteiger partial charge in [0.15, 0.2) is 0 Å². The Morgan fingerprint density at radius 1 is 0.400 bits per heavy atom. The average molecular weight is 444 g/mol. The monoisotopic (exact) mass is 443 g/mol. The molecule has 0 spiro atoms. The summed E-state index contributed by atoms with van der Waals surface area (Å²) < 4.78 is 2.39. The molecule has 6 aromatic carbocycles. The number of aromatic nitrogens is 1. The highest BCUT2D eigenvalue weighted by Crippen LogP contribution is 2.49. The maximum absolute atomic E-state index is 2.40. The minimum Gasteiger partial charge on any atom is -0.309 e. The Kier molecular flexibility index (Phi) is 3.72. The van der Waals surface area contributed by atoms with Crippen molar-refractivity contribution in [2.45, 2.75) is 0 Å². The molecule has 1 heterocycles. The summed E-state index contributed by atoms with van der Waals surface area (Å²) in [7, 11) is 0. The topological polar surface area (TPSA) is 4.93 Å². The molecular formula is C34H21N. The van der Waals surface area contributed by atoms with Crippen LogP contribution in [-0.4, -0.2) is 4.57 Å². The molecule has 0 unspecified atom stereocenters. The van der Waals surface area contributed by atoms with E-state index in [0.29, 0.717) is 0 Å². The molecule has 0 N–H and O–H groups in total. The number of para-hydroxylation sites is 2. The first-order valence-corrected chi connectivity index (χ1v) is 12.1. The number of hydrogen-bond acceptors (Lipinski definition) is 0. The predicted molar refractivity (Wildman–Crippen MR) is 148 cm³/mol. The van der Waals surface area contributed by atoms with Crippen LogP contribution in [0.2, 0.25) is 0 Å². The van der Waals surface area contributed by atoms with Crippen molar-refractivity contribution in [1.82, 2.24) is 4.57 Å². The summed E-state index contributed by atoms with van der Waals surface area (Å²) in [6, 6.07) is 46.5.